The maximum atomic E-state index is 13.0. The Bertz CT molecular complexity index is 965. The first-order valence-corrected chi connectivity index (χ1v) is 25.9. The van der Waals surface area contributed by atoms with Crippen LogP contribution in [-0.2, 0) is 9.53 Å². The lowest BCUT2D eigenvalue weighted by Gasteiger charge is -2.40. The van der Waals surface area contributed by atoms with Crippen molar-refractivity contribution >= 4 is 5.91 Å². The first-order valence-electron chi connectivity index (χ1n) is 25.9. The maximum absolute atomic E-state index is 13.0. The summed E-state index contributed by atoms with van der Waals surface area (Å²) in [5.41, 5.74) is 0. The summed E-state index contributed by atoms with van der Waals surface area (Å²) in [4.78, 5) is 13.0. The summed E-state index contributed by atoms with van der Waals surface area (Å²) in [5.74, 6) is -0.145. The van der Waals surface area contributed by atoms with Gasteiger partial charge in [-0.25, -0.2) is 0 Å². The third-order valence-electron chi connectivity index (χ3n) is 12.9. The van der Waals surface area contributed by atoms with Crippen LogP contribution >= 0.6 is 0 Å². The monoisotopic (exact) mass is 854 g/mol. The molecule has 60 heavy (non-hydrogen) atoms. The smallest absolute Gasteiger partial charge is 0.220 e. The third-order valence-corrected chi connectivity index (χ3v) is 12.9. The number of amides is 1. The zero-order chi connectivity index (χ0) is 43.9. The number of unbranched alkanes of at least 4 members (excludes halogenated alkanes) is 31. The first-order chi connectivity index (χ1) is 29.3. The Morgan fingerprint density at radius 3 is 1.30 bits per heavy atom. The van der Waals surface area contributed by atoms with Gasteiger partial charge in [0.25, 0.3) is 0 Å². The number of carbonyl (C=O) groups excluding carboxylic acids is 1. The third kappa shape index (κ3) is 30.1. The number of aliphatic hydroxyl groups excluding tert-OH is 6. The number of ether oxygens (including phenoxy) is 1. The van der Waals surface area contributed by atoms with Crippen LogP contribution in [-0.4, -0.2) is 91.9 Å². The van der Waals surface area contributed by atoms with Gasteiger partial charge in [-0.3, -0.25) is 4.79 Å². The van der Waals surface area contributed by atoms with Crippen molar-refractivity contribution in [3.63, 3.8) is 0 Å². The number of aliphatic hydroxyl groups is 6. The molecule has 0 aromatic rings. The Morgan fingerprint density at radius 2 is 0.900 bits per heavy atom. The molecule has 0 aromatic carbocycles. The Morgan fingerprint density at radius 1 is 0.533 bits per heavy atom. The van der Waals surface area contributed by atoms with E-state index in [0.29, 0.717) is 25.7 Å². The summed E-state index contributed by atoms with van der Waals surface area (Å²) < 4.78 is 5.63. The molecule has 0 bridgehead atoms. The predicted octanol–water partition coefficient (Wildman–Crippen LogP) is 11.1. The number of nitrogens with one attached hydrogen (secondary N) is 1. The molecule has 356 valence electrons. The van der Waals surface area contributed by atoms with Crippen LogP contribution in [0.1, 0.15) is 251 Å². The lowest BCUT2D eigenvalue weighted by molar-refractivity contribution is -0.230. The minimum absolute atomic E-state index is 0.145. The van der Waals surface area contributed by atoms with Crippen molar-refractivity contribution in [2.24, 2.45) is 0 Å². The van der Waals surface area contributed by atoms with Crippen molar-refractivity contribution in [2.45, 2.75) is 300 Å². The van der Waals surface area contributed by atoms with Gasteiger partial charge in [0.15, 0.2) is 0 Å². The SMILES string of the molecule is CCCCCCCCCCCCCCCCCCCCCCCC(=O)NC(/C=C\CC[C@@H]1OC(CO)[C@H](O)C(O)C1O)C(O)C(O)CCCCCCCCCCCCCC. The summed E-state index contributed by atoms with van der Waals surface area (Å²) in [7, 11) is 0. The summed E-state index contributed by atoms with van der Waals surface area (Å²) in [6, 6.07) is -0.769. The number of rotatable bonds is 43. The van der Waals surface area contributed by atoms with Gasteiger partial charge in [-0.1, -0.05) is 231 Å². The van der Waals surface area contributed by atoms with Gasteiger partial charge in [0.2, 0.25) is 5.91 Å². The van der Waals surface area contributed by atoms with Crippen molar-refractivity contribution in [1.82, 2.24) is 5.32 Å². The summed E-state index contributed by atoms with van der Waals surface area (Å²) in [5, 5.41) is 65.3. The highest BCUT2D eigenvalue weighted by Crippen LogP contribution is 2.25. The molecule has 8 atom stereocenters. The van der Waals surface area contributed by atoms with Crippen LogP contribution in [0.15, 0.2) is 12.2 Å². The Kier molecular flexibility index (Phi) is 38.6. The average Bonchev–Trinajstić information content (AvgIpc) is 3.25. The first kappa shape index (κ1) is 56.9. The molecule has 0 aliphatic carbocycles. The average molecular weight is 854 g/mol. The van der Waals surface area contributed by atoms with Gasteiger partial charge in [0.05, 0.1) is 24.9 Å². The van der Waals surface area contributed by atoms with Crippen molar-refractivity contribution in [1.29, 1.82) is 0 Å². The van der Waals surface area contributed by atoms with E-state index in [1.54, 1.807) is 12.2 Å². The molecule has 6 unspecified atom stereocenters. The molecule has 0 spiro atoms. The van der Waals surface area contributed by atoms with Crippen molar-refractivity contribution in [2.75, 3.05) is 6.61 Å². The Labute approximate surface area is 369 Å². The highest BCUT2D eigenvalue weighted by molar-refractivity contribution is 5.76. The van der Waals surface area contributed by atoms with Crippen molar-refractivity contribution in [3.8, 4) is 0 Å². The predicted molar refractivity (Wildman–Crippen MR) is 249 cm³/mol. The van der Waals surface area contributed by atoms with E-state index in [0.717, 1.165) is 38.5 Å². The summed E-state index contributed by atoms with van der Waals surface area (Å²) in [6.07, 6.45) is 39.2. The molecule has 9 heteroatoms. The Hall–Kier alpha value is -1.07. The van der Waals surface area contributed by atoms with Gasteiger partial charge in [-0.2, -0.15) is 0 Å². The zero-order valence-electron chi connectivity index (χ0n) is 39.1. The van der Waals surface area contributed by atoms with E-state index in [9.17, 15) is 35.4 Å². The van der Waals surface area contributed by atoms with E-state index in [1.807, 2.05) is 0 Å². The molecule has 9 nitrogen and oxygen atoms in total. The van der Waals surface area contributed by atoms with E-state index in [-0.39, 0.29) is 5.91 Å². The summed E-state index contributed by atoms with van der Waals surface area (Å²) in [6.45, 7) is 4.05. The van der Waals surface area contributed by atoms with Crippen LogP contribution in [0, 0.1) is 0 Å². The van der Waals surface area contributed by atoms with Crippen LogP contribution in [0.2, 0.25) is 0 Å². The lowest BCUT2D eigenvalue weighted by Crippen LogP contribution is -2.58. The van der Waals surface area contributed by atoms with E-state index in [4.69, 9.17) is 4.74 Å². The molecule has 1 heterocycles. The molecular formula is C51H99NO8. The standard InChI is InChI=1S/C51H99NO8/c1-3-5-7-9-11-13-15-17-18-19-20-21-22-23-24-25-27-29-31-33-35-41-47(55)52-43(38-36-37-40-45-49(57)51(59)50(58)46(42-53)60-45)48(56)44(54)39-34-32-30-28-26-16-14-12-10-8-6-4-2/h36,38,43-46,48-51,53-54,56-59H,3-35,37,39-42H2,1-2H3,(H,52,55)/b38-36-/t43?,44?,45-,46?,48?,49?,50-,51?/m0/s1. The second-order valence-electron chi connectivity index (χ2n) is 18.5. The molecule has 1 aliphatic rings. The second-order valence-corrected chi connectivity index (χ2v) is 18.5. The quantitative estimate of drug-likeness (QED) is 0.0236. The molecule has 1 fully saturated rings. The lowest BCUT2D eigenvalue weighted by atomic mass is 9.92. The number of allylic oxidation sites excluding steroid dienone is 1. The second kappa shape index (κ2) is 40.7. The minimum Gasteiger partial charge on any atom is -0.394 e. The van der Waals surface area contributed by atoms with Gasteiger partial charge in [0, 0.05) is 6.42 Å². The van der Waals surface area contributed by atoms with Gasteiger partial charge in [-0.05, 0) is 25.7 Å². The molecule has 0 aromatic heterocycles. The van der Waals surface area contributed by atoms with Gasteiger partial charge >= 0.3 is 0 Å². The van der Waals surface area contributed by atoms with Crippen LogP contribution in [0.25, 0.3) is 0 Å². The fourth-order valence-electron chi connectivity index (χ4n) is 8.75. The molecule has 0 saturated carbocycles. The number of carbonyl (C=O) groups is 1. The van der Waals surface area contributed by atoms with E-state index < -0.39 is 55.4 Å². The summed E-state index contributed by atoms with van der Waals surface area (Å²) >= 11 is 0. The van der Waals surface area contributed by atoms with Crippen LogP contribution in [0.5, 0.6) is 0 Å². The highest BCUT2D eigenvalue weighted by atomic mass is 16.5. The normalized spacial score (nSPS) is 21.1. The Balaban J connectivity index is 2.34. The topological polar surface area (TPSA) is 160 Å². The van der Waals surface area contributed by atoms with Crippen LogP contribution < -0.4 is 5.32 Å². The zero-order valence-corrected chi connectivity index (χ0v) is 39.1. The van der Waals surface area contributed by atoms with E-state index >= 15 is 0 Å². The van der Waals surface area contributed by atoms with Gasteiger partial charge < -0.3 is 40.7 Å². The van der Waals surface area contributed by atoms with Crippen molar-refractivity contribution in [3.05, 3.63) is 12.2 Å². The maximum Gasteiger partial charge on any atom is 0.220 e. The van der Waals surface area contributed by atoms with Crippen LogP contribution in [0.3, 0.4) is 0 Å². The van der Waals surface area contributed by atoms with E-state index in [2.05, 4.69) is 19.2 Å². The highest BCUT2D eigenvalue weighted by Gasteiger charge is 2.42. The van der Waals surface area contributed by atoms with Crippen LogP contribution in [0.4, 0.5) is 0 Å². The molecular weight excluding hydrogens is 755 g/mol. The number of hydrogen-bond donors (Lipinski definition) is 7. The van der Waals surface area contributed by atoms with Gasteiger partial charge in [-0.15, -0.1) is 0 Å². The molecule has 1 aliphatic heterocycles. The fraction of sp³-hybridized carbons (Fsp3) is 0.941. The van der Waals surface area contributed by atoms with Crippen molar-refractivity contribution < 1.29 is 40.2 Å². The molecule has 1 saturated heterocycles. The molecule has 7 N–H and O–H groups in total. The molecule has 1 rings (SSSR count). The minimum atomic E-state index is -1.42. The largest absolute Gasteiger partial charge is 0.394 e. The number of hydrogen-bond acceptors (Lipinski definition) is 8. The molecule has 0 radical (unpaired) electrons. The van der Waals surface area contributed by atoms with E-state index in [1.165, 1.54) is 173 Å². The molecule has 1 amide bonds. The fourth-order valence-corrected chi connectivity index (χ4v) is 8.75. The van der Waals surface area contributed by atoms with Gasteiger partial charge in [0.1, 0.15) is 30.5 Å².